The highest BCUT2D eigenvalue weighted by atomic mass is 16.2. The molecule has 1 atom stereocenters. The van der Waals surface area contributed by atoms with Crippen LogP contribution >= 0.6 is 0 Å². The molecule has 1 heterocycles. The molecule has 0 bridgehead atoms. The van der Waals surface area contributed by atoms with E-state index >= 15 is 0 Å². The molecule has 4 heteroatoms. The number of carbonyl (C=O) groups excluding carboxylic acids is 1. The number of hydrogen-bond donors (Lipinski definition) is 1. The van der Waals surface area contributed by atoms with Crippen LogP contribution in [0, 0.1) is 0 Å². The van der Waals surface area contributed by atoms with Gasteiger partial charge >= 0.3 is 0 Å². The monoisotopic (exact) mass is 237 g/mol. The van der Waals surface area contributed by atoms with Crippen LogP contribution in [0.15, 0.2) is 11.8 Å². The molecule has 2 aliphatic rings. The van der Waals surface area contributed by atoms with Crippen molar-refractivity contribution in [2.24, 2.45) is 5.73 Å². The van der Waals surface area contributed by atoms with Gasteiger partial charge in [-0.05, 0) is 32.6 Å². The summed E-state index contributed by atoms with van der Waals surface area (Å²) in [4.78, 5) is 16.3. The van der Waals surface area contributed by atoms with Crippen molar-refractivity contribution in [2.75, 3.05) is 26.2 Å². The third-order valence-corrected chi connectivity index (χ3v) is 3.65. The molecule has 1 aliphatic carbocycles. The zero-order chi connectivity index (χ0) is 12.3. The molecule has 0 aromatic carbocycles. The van der Waals surface area contributed by atoms with Crippen molar-refractivity contribution in [3.05, 3.63) is 11.8 Å². The van der Waals surface area contributed by atoms with Crippen LogP contribution in [-0.2, 0) is 4.79 Å². The maximum Gasteiger partial charge on any atom is 0.240 e. The van der Waals surface area contributed by atoms with Gasteiger partial charge in [-0.3, -0.25) is 9.69 Å². The van der Waals surface area contributed by atoms with Gasteiger partial charge in [0.1, 0.15) is 0 Å². The smallest absolute Gasteiger partial charge is 0.240 e. The second-order valence-corrected chi connectivity index (χ2v) is 5.01. The predicted octanol–water partition coefficient (Wildman–Crippen LogP) is 0.936. The average Bonchev–Trinajstić information content (AvgIpc) is 2.92. The van der Waals surface area contributed by atoms with Crippen molar-refractivity contribution < 1.29 is 4.79 Å². The summed E-state index contributed by atoms with van der Waals surface area (Å²) in [6, 6.07) is 0.253. The van der Waals surface area contributed by atoms with E-state index in [0.717, 1.165) is 38.9 Å². The Kier molecular flexibility index (Phi) is 4.18. The van der Waals surface area contributed by atoms with Crippen molar-refractivity contribution in [3.63, 3.8) is 0 Å². The van der Waals surface area contributed by atoms with Crippen molar-refractivity contribution in [2.45, 2.75) is 38.6 Å². The summed E-state index contributed by atoms with van der Waals surface area (Å²) >= 11 is 0. The Hall–Kier alpha value is -0.870. The Morgan fingerprint density at radius 1 is 1.65 bits per heavy atom. The average molecular weight is 237 g/mol. The van der Waals surface area contributed by atoms with Crippen LogP contribution in [0.4, 0.5) is 0 Å². The van der Waals surface area contributed by atoms with Crippen LogP contribution < -0.4 is 5.73 Å². The van der Waals surface area contributed by atoms with Crippen LogP contribution in [0.25, 0.3) is 0 Å². The number of likely N-dealkylation sites (N-methyl/N-ethyl adjacent to an activating group) is 1. The lowest BCUT2D eigenvalue weighted by molar-refractivity contribution is -0.130. The molecule has 1 fully saturated rings. The number of hydrogen-bond acceptors (Lipinski definition) is 3. The lowest BCUT2D eigenvalue weighted by atomic mass is 10.3. The largest absolute Gasteiger partial charge is 0.326 e. The predicted molar refractivity (Wildman–Crippen MR) is 68.4 cm³/mol. The quantitative estimate of drug-likeness (QED) is 0.791. The summed E-state index contributed by atoms with van der Waals surface area (Å²) in [6.45, 7) is 5.18. The van der Waals surface area contributed by atoms with Crippen LogP contribution in [-0.4, -0.2) is 47.9 Å². The first-order valence-corrected chi connectivity index (χ1v) is 6.68. The maximum atomic E-state index is 12.2. The van der Waals surface area contributed by atoms with E-state index in [1.807, 2.05) is 11.8 Å². The Balaban J connectivity index is 1.89. The van der Waals surface area contributed by atoms with E-state index in [1.165, 1.54) is 12.1 Å². The van der Waals surface area contributed by atoms with Gasteiger partial charge < -0.3 is 10.6 Å². The van der Waals surface area contributed by atoms with Crippen molar-refractivity contribution in [3.8, 4) is 0 Å². The van der Waals surface area contributed by atoms with Gasteiger partial charge in [-0.25, -0.2) is 0 Å². The highest BCUT2D eigenvalue weighted by molar-refractivity contribution is 5.80. The first-order valence-electron chi connectivity index (χ1n) is 6.68. The van der Waals surface area contributed by atoms with E-state index in [0.29, 0.717) is 6.54 Å². The van der Waals surface area contributed by atoms with E-state index in [4.69, 9.17) is 5.73 Å². The van der Waals surface area contributed by atoms with Crippen LogP contribution in [0.3, 0.4) is 0 Å². The molecule has 0 radical (unpaired) electrons. The van der Waals surface area contributed by atoms with Gasteiger partial charge in [0, 0.05) is 31.4 Å². The molecule has 0 saturated carbocycles. The number of rotatable bonds is 4. The third kappa shape index (κ3) is 3.07. The molecule has 1 aliphatic heterocycles. The van der Waals surface area contributed by atoms with Gasteiger partial charge in [-0.1, -0.05) is 6.08 Å². The molecule has 96 valence electrons. The standard InChI is InChI=1S/C13H23N3O/c1-2-16(12-5-3-4-6-12)13(17)10-15-8-7-11(14)9-15/h5,11H,2-4,6-10,14H2,1H3. The highest BCUT2D eigenvalue weighted by Crippen LogP contribution is 2.21. The fourth-order valence-electron chi connectivity index (χ4n) is 2.72. The minimum Gasteiger partial charge on any atom is -0.326 e. The van der Waals surface area contributed by atoms with E-state index in [1.54, 1.807) is 0 Å². The minimum absolute atomic E-state index is 0.231. The molecule has 1 amide bonds. The molecule has 0 spiro atoms. The number of likely N-dealkylation sites (tertiary alicyclic amines) is 1. The molecular weight excluding hydrogens is 214 g/mol. The molecule has 1 unspecified atom stereocenters. The normalized spacial score (nSPS) is 25.1. The lowest BCUT2D eigenvalue weighted by Crippen LogP contribution is -2.39. The minimum atomic E-state index is 0.231. The van der Waals surface area contributed by atoms with E-state index in [9.17, 15) is 4.79 Å². The second kappa shape index (κ2) is 5.65. The summed E-state index contributed by atoms with van der Waals surface area (Å²) in [7, 11) is 0. The fourth-order valence-corrected chi connectivity index (χ4v) is 2.72. The molecular formula is C13H23N3O. The Morgan fingerprint density at radius 3 is 3.00 bits per heavy atom. The van der Waals surface area contributed by atoms with E-state index < -0.39 is 0 Å². The SMILES string of the molecule is CCN(C(=O)CN1CCC(N)C1)C1=CCCC1. The molecule has 2 rings (SSSR count). The molecule has 4 nitrogen and oxygen atoms in total. The Labute approximate surface area is 103 Å². The van der Waals surface area contributed by atoms with Crippen molar-refractivity contribution in [1.82, 2.24) is 9.80 Å². The van der Waals surface area contributed by atoms with Crippen molar-refractivity contribution in [1.29, 1.82) is 0 Å². The lowest BCUT2D eigenvalue weighted by Gasteiger charge is -2.25. The number of amides is 1. The second-order valence-electron chi connectivity index (χ2n) is 5.01. The van der Waals surface area contributed by atoms with Crippen LogP contribution in [0.2, 0.25) is 0 Å². The molecule has 1 saturated heterocycles. The summed E-state index contributed by atoms with van der Waals surface area (Å²) in [5, 5.41) is 0. The zero-order valence-electron chi connectivity index (χ0n) is 10.7. The van der Waals surface area contributed by atoms with Crippen LogP contribution in [0.5, 0.6) is 0 Å². The number of allylic oxidation sites excluding steroid dienone is 2. The van der Waals surface area contributed by atoms with Gasteiger partial charge in [0.15, 0.2) is 0 Å². The number of nitrogens with two attached hydrogens (primary N) is 1. The molecule has 17 heavy (non-hydrogen) atoms. The number of carbonyl (C=O) groups is 1. The van der Waals surface area contributed by atoms with Gasteiger partial charge in [0.05, 0.1) is 6.54 Å². The van der Waals surface area contributed by atoms with Crippen LogP contribution in [0.1, 0.15) is 32.6 Å². The van der Waals surface area contributed by atoms with Gasteiger partial charge in [0.2, 0.25) is 5.91 Å². The molecule has 0 aromatic heterocycles. The van der Waals surface area contributed by atoms with Crippen molar-refractivity contribution >= 4 is 5.91 Å². The Morgan fingerprint density at radius 2 is 2.47 bits per heavy atom. The molecule has 0 aromatic rings. The van der Waals surface area contributed by atoms with E-state index in [2.05, 4.69) is 11.0 Å². The highest BCUT2D eigenvalue weighted by Gasteiger charge is 2.24. The first kappa shape index (κ1) is 12.6. The molecule has 2 N–H and O–H groups in total. The summed E-state index contributed by atoms with van der Waals surface area (Å²) in [5.74, 6) is 0.231. The topological polar surface area (TPSA) is 49.6 Å². The fraction of sp³-hybridized carbons (Fsp3) is 0.769. The summed E-state index contributed by atoms with van der Waals surface area (Å²) in [6.07, 6.45) is 6.58. The summed E-state index contributed by atoms with van der Waals surface area (Å²) in [5.41, 5.74) is 7.08. The van der Waals surface area contributed by atoms with E-state index in [-0.39, 0.29) is 11.9 Å². The van der Waals surface area contributed by atoms with Gasteiger partial charge in [-0.15, -0.1) is 0 Å². The number of nitrogens with zero attached hydrogens (tertiary/aromatic N) is 2. The third-order valence-electron chi connectivity index (χ3n) is 3.65. The zero-order valence-corrected chi connectivity index (χ0v) is 10.7. The first-order chi connectivity index (χ1) is 8.20. The summed E-state index contributed by atoms with van der Waals surface area (Å²) < 4.78 is 0. The van der Waals surface area contributed by atoms with Gasteiger partial charge in [-0.2, -0.15) is 0 Å². The maximum absolute atomic E-state index is 12.2. The van der Waals surface area contributed by atoms with Gasteiger partial charge in [0.25, 0.3) is 0 Å². The Bertz CT molecular complexity index is 314.